The molecule has 20 heavy (non-hydrogen) atoms. The normalized spacial score (nSPS) is 11.1. The lowest BCUT2D eigenvalue weighted by Gasteiger charge is -2.18. The van der Waals surface area contributed by atoms with Gasteiger partial charge in [-0.3, -0.25) is 4.90 Å². The lowest BCUT2D eigenvalue weighted by molar-refractivity contribution is 0.318. The molecule has 0 spiro atoms. The van der Waals surface area contributed by atoms with Gasteiger partial charge < -0.3 is 5.73 Å². The molecule has 0 atom stereocenters. The van der Waals surface area contributed by atoms with Crippen molar-refractivity contribution in [2.75, 3.05) is 7.05 Å². The maximum atomic E-state index is 13.5. The third-order valence-corrected chi connectivity index (χ3v) is 3.47. The van der Waals surface area contributed by atoms with Crippen molar-refractivity contribution in [1.29, 1.82) is 0 Å². The van der Waals surface area contributed by atoms with Crippen molar-refractivity contribution < 1.29 is 4.39 Å². The predicted molar refractivity (Wildman–Crippen MR) is 80.9 cm³/mol. The van der Waals surface area contributed by atoms with Crippen LogP contribution in [0.3, 0.4) is 0 Å². The van der Waals surface area contributed by atoms with Gasteiger partial charge in [-0.2, -0.15) is 0 Å². The molecule has 0 aromatic heterocycles. The Morgan fingerprint density at radius 3 is 2.50 bits per heavy atom. The second-order valence-electron chi connectivity index (χ2n) is 4.94. The first-order valence-electron chi connectivity index (χ1n) is 6.49. The third-order valence-electron chi connectivity index (χ3n) is 3.10. The molecule has 0 saturated heterocycles. The van der Waals surface area contributed by atoms with Crippen molar-refractivity contribution in [1.82, 2.24) is 4.90 Å². The molecule has 2 aromatic carbocycles. The molecule has 0 unspecified atom stereocenters. The van der Waals surface area contributed by atoms with E-state index in [2.05, 4.69) is 4.90 Å². The smallest absolute Gasteiger partial charge is 0.123 e. The minimum atomic E-state index is -0.242. The van der Waals surface area contributed by atoms with Crippen LogP contribution < -0.4 is 5.73 Å². The highest BCUT2D eigenvalue weighted by Gasteiger charge is 2.06. The monoisotopic (exact) mass is 292 g/mol. The SMILES string of the molecule is CN(Cc1cc(F)cc(CN)c1)Cc1ccccc1Cl. The molecule has 0 aliphatic rings. The number of rotatable bonds is 5. The van der Waals surface area contributed by atoms with Gasteiger partial charge in [-0.25, -0.2) is 4.39 Å². The van der Waals surface area contributed by atoms with Gasteiger partial charge in [0.1, 0.15) is 5.82 Å². The van der Waals surface area contributed by atoms with Crippen molar-refractivity contribution in [2.45, 2.75) is 19.6 Å². The number of hydrogen-bond donors (Lipinski definition) is 1. The van der Waals surface area contributed by atoms with Gasteiger partial charge in [0, 0.05) is 24.7 Å². The van der Waals surface area contributed by atoms with Crippen molar-refractivity contribution in [2.24, 2.45) is 5.73 Å². The number of hydrogen-bond acceptors (Lipinski definition) is 2. The van der Waals surface area contributed by atoms with Gasteiger partial charge in [0.2, 0.25) is 0 Å². The van der Waals surface area contributed by atoms with Gasteiger partial charge in [-0.05, 0) is 41.9 Å². The Morgan fingerprint density at radius 1 is 1.10 bits per heavy atom. The minimum absolute atomic E-state index is 0.242. The average molecular weight is 293 g/mol. The summed E-state index contributed by atoms with van der Waals surface area (Å²) in [6, 6.07) is 12.7. The number of nitrogens with two attached hydrogens (primary N) is 1. The molecular weight excluding hydrogens is 275 g/mol. The highest BCUT2D eigenvalue weighted by atomic mass is 35.5. The third kappa shape index (κ3) is 4.04. The number of halogens is 2. The molecule has 106 valence electrons. The molecule has 2 nitrogen and oxygen atoms in total. The molecule has 0 bridgehead atoms. The van der Waals surface area contributed by atoms with Crippen LogP contribution in [0.1, 0.15) is 16.7 Å². The van der Waals surface area contributed by atoms with Gasteiger partial charge in [0.05, 0.1) is 0 Å². The Morgan fingerprint density at radius 2 is 1.80 bits per heavy atom. The maximum Gasteiger partial charge on any atom is 0.123 e. The fourth-order valence-corrected chi connectivity index (χ4v) is 2.41. The largest absolute Gasteiger partial charge is 0.326 e. The molecule has 0 fully saturated rings. The van der Waals surface area contributed by atoms with Crippen LogP contribution in [-0.2, 0) is 19.6 Å². The zero-order valence-corrected chi connectivity index (χ0v) is 12.2. The summed E-state index contributed by atoms with van der Waals surface area (Å²) in [4.78, 5) is 2.09. The van der Waals surface area contributed by atoms with E-state index < -0.39 is 0 Å². The summed E-state index contributed by atoms with van der Waals surface area (Å²) in [6.07, 6.45) is 0. The summed E-state index contributed by atoms with van der Waals surface area (Å²) < 4.78 is 13.5. The van der Waals surface area contributed by atoms with E-state index in [1.807, 2.05) is 37.4 Å². The highest BCUT2D eigenvalue weighted by Crippen LogP contribution is 2.18. The maximum absolute atomic E-state index is 13.5. The summed E-state index contributed by atoms with van der Waals surface area (Å²) in [6.45, 7) is 1.71. The quantitative estimate of drug-likeness (QED) is 0.913. The molecule has 4 heteroatoms. The van der Waals surface area contributed by atoms with Gasteiger partial charge in [-0.1, -0.05) is 35.9 Å². The fourth-order valence-electron chi connectivity index (χ4n) is 2.21. The van der Waals surface area contributed by atoms with E-state index in [0.29, 0.717) is 19.6 Å². The van der Waals surface area contributed by atoms with Crippen molar-refractivity contribution in [3.05, 3.63) is 70.0 Å². The summed E-state index contributed by atoms with van der Waals surface area (Å²) in [5, 5.41) is 0.751. The molecule has 2 N–H and O–H groups in total. The highest BCUT2D eigenvalue weighted by molar-refractivity contribution is 6.31. The molecule has 0 aliphatic carbocycles. The van der Waals surface area contributed by atoms with Crippen LogP contribution in [0.25, 0.3) is 0 Å². The van der Waals surface area contributed by atoms with E-state index in [1.54, 1.807) is 6.07 Å². The predicted octanol–water partition coefficient (Wildman–Crippen LogP) is 3.57. The average Bonchev–Trinajstić information content (AvgIpc) is 2.40. The molecule has 0 saturated carbocycles. The second kappa shape index (κ2) is 6.84. The van der Waals surface area contributed by atoms with Crippen LogP contribution in [0.4, 0.5) is 4.39 Å². The van der Waals surface area contributed by atoms with Crippen molar-refractivity contribution >= 4 is 11.6 Å². The molecule has 0 amide bonds. The lowest BCUT2D eigenvalue weighted by Crippen LogP contribution is -2.17. The van der Waals surface area contributed by atoms with Crippen LogP contribution >= 0.6 is 11.6 Å². The van der Waals surface area contributed by atoms with Crippen molar-refractivity contribution in [3.63, 3.8) is 0 Å². The Kier molecular flexibility index (Phi) is 5.12. The molecule has 0 heterocycles. The lowest BCUT2D eigenvalue weighted by atomic mass is 10.1. The minimum Gasteiger partial charge on any atom is -0.326 e. The topological polar surface area (TPSA) is 29.3 Å². The summed E-state index contributed by atoms with van der Waals surface area (Å²) in [7, 11) is 1.98. The number of benzene rings is 2. The van der Waals surface area contributed by atoms with Gasteiger partial charge in [0.15, 0.2) is 0 Å². The molecule has 2 aromatic rings. The molecule has 2 rings (SSSR count). The number of nitrogens with zero attached hydrogens (tertiary/aromatic N) is 1. The van der Waals surface area contributed by atoms with Crippen LogP contribution in [0.15, 0.2) is 42.5 Å². The van der Waals surface area contributed by atoms with Gasteiger partial charge in [-0.15, -0.1) is 0 Å². The first-order valence-corrected chi connectivity index (χ1v) is 6.86. The van der Waals surface area contributed by atoms with Crippen molar-refractivity contribution in [3.8, 4) is 0 Å². The van der Waals surface area contributed by atoms with Gasteiger partial charge >= 0.3 is 0 Å². The first-order chi connectivity index (χ1) is 9.58. The van der Waals surface area contributed by atoms with E-state index in [-0.39, 0.29) is 5.82 Å². The van der Waals surface area contributed by atoms with Crippen LogP contribution in [0.2, 0.25) is 5.02 Å². The summed E-state index contributed by atoms with van der Waals surface area (Å²) in [5.74, 6) is -0.242. The second-order valence-corrected chi connectivity index (χ2v) is 5.34. The van der Waals surface area contributed by atoms with Crippen LogP contribution in [-0.4, -0.2) is 11.9 Å². The standard InChI is InChI=1S/C16H18ClFN2/c1-20(11-14-4-2-3-5-16(14)17)10-13-6-12(9-19)7-15(18)8-13/h2-8H,9-11,19H2,1H3. The van der Waals surface area contributed by atoms with E-state index in [9.17, 15) is 4.39 Å². The Hall–Kier alpha value is -1.42. The first kappa shape index (κ1) is 15.0. The molecule has 0 radical (unpaired) electrons. The summed E-state index contributed by atoms with van der Waals surface area (Å²) in [5.41, 5.74) is 8.35. The Bertz CT molecular complexity index is 586. The fraction of sp³-hybridized carbons (Fsp3) is 0.250. The Labute approximate surface area is 124 Å². The molecular formula is C16H18ClFN2. The summed E-state index contributed by atoms with van der Waals surface area (Å²) >= 11 is 6.14. The zero-order valence-electron chi connectivity index (χ0n) is 11.4. The van der Waals surface area contributed by atoms with Gasteiger partial charge in [0.25, 0.3) is 0 Å². The van der Waals surface area contributed by atoms with E-state index >= 15 is 0 Å². The van der Waals surface area contributed by atoms with E-state index in [4.69, 9.17) is 17.3 Å². The van der Waals surface area contributed by atoms with E-state index in [1.165, 1.54) is 6.07 Å². The molecule has 0 aliphatic heterocycles. The zero-order chi connectivity index (χ0) is 14.5. The van der Waals surface area contributed by atoms with Crippen LogP contribution in [0, 0.1) is 5.82 Å². The van der Waals surface area contributed by atoms with Crippen LogP contribution in [0.5, 0.6) is 0 Å². The van der Waals surface area contributed by atoms with E-state index in [0.717, 1.165) is 21.7 Å². The Balaban J connectivity index is 2.06.